The number of fused-ring (bicyclic) bond motifs is 1. The van der Waals surface area contributed by atoms with Crippen LogP contribution >= 0.6 is 0 Å². The van der Waals surface area contributed by atoms with Gasteiger partial charge in [0.05, 0.1) is 0 Å². The molecule has 1 heteroatoms. The number of hydrogen-bond donors (Lipinski definition) is 0. The molecular formula is C14H19Hf. The Balaban J connectivity index is 2.53. The zero-order valence-electron chi connectivity index (χ0n) is 10.1. The summed E-state index contributed by atoms with van der Waals surface area (Å²) in [6, 6.07) is 6.81. The third kappa shape index (κ3) is 1.91. The SMILES string of the molecule is CCC1=Cc2c(C)cccc2[CH]1[Hf]([CH3])[CH3]. The summed E-state index contributed by atoms with van der Waals surface area (Å²) in [5.41, 5.74) is 6.32. The molecule has 0 radical (unpaired) electrons. The first kappa shape index (κ1) is 11.3. The van der Waals surface area contributed by atoms with Gasteiger partial charge in [0.2, 0.25) is 0 Å². The number of rotatable bonds is 2. The Morgan fingerprint density at radius 2 is 2.00 bits per heavy atom. The molecule has 2 rings (SSSR count). The second kappa shape index (κ2) is 4.37. The van der Waals surface area contributed by atoms with Crippen molar-refractivity contribution in [3.05, 3.63) is 40.5 Å². The van der Waals surface area contributed by atoms with Crippen LogP contribution in [0.15, 0.2) is 23.8 Å². The van der Waals surface area contributed by atoms with Crippen molar-refractivity contribution in [1.82, 2.24) is 0 Å². The molecule has 0 spiro atoms. The fourth-order valence-electron chi connectivity index (χ4n) is 2.61. The van der Waals surface area contributed by atoms with Crippen molar-refractivity contribution in [3.63, 3.8) is 0 Å². The van der Waals surface area contributed by atoms with E-state index in [1.54, 1.807) is 11.1 Å². The van der Waals surface area contributed by atoms with Gasteiger partial charge >= 0.3 is 101 Å². The zero-order valence-corrected chi connectivity index (χ0v) is 13.7. The van der Waals surface area contributed by atoms with E-state index in [1.807, 2.05) is 0 Å². The van der Waals surface area contributed by atoms with E-state index in [0.29, 0.717) is 0 Å². The number of hydrogen-bond acceptors (Lipinski definition) is 0. The average molecular weight is 366 g/mol. The third-order valence-electron chi connectivity index (χ3n) is 3.35. The summed E-state index contributed by atoms with van der Waals surface area (Å²) in [4.78, 5) is 0. The molecule has 1 aromatic rings. The van der Waals surface area contributed by atoms with Crippen LogP contribution in [0.3, 0.4) is 0 Å². The Morgan fingerprint density at radius 3 is 2.60 bits per heavy atom. The van der Waals surface area contributed by atoms with Gasteiger partial charge in [-0.1, -0.05) is 0 Å². The van der Waals surface area contributed by atoms with Crippen LogP contribution in [0.5, 0.6) is 0 Å². The summed E-state index contributed by atoms with van der Waals surface area (Å²) < 4.78 is 5.95. The van der Waals surface area contributed by atoms with Crippen molar-refractivity contribution >= 4 is 6.08 Å². The van der Waals surface area contributed by atoms with Gasteiger partial charge in [-0.2, -0.15) is 0 Å². The Hall–Kier alpha value is -0.170. The van der Waals surface area contributed by atoms with E-state index in [9.17, 15) is 0 Å². The van der Waals surface area contributed by atoms with Crippen molar-refractivity contribution in [2.75, 3.05) is 0 Å². The second-order valence-corrected chi connectivity index (χ2v) is 14.5. The van der Waals surface area contributed by atoms with Crippen LogP contribution in [0.25, 0.3) is 6.08 Å². The van der Waals surface area contributed by atoms with Crippen molar-refractivity contribution in [1.29, 1.82) is 0 Å². The molecule has 0 aromatic heterocycles. The molecular weight excluding hydrogens is 347 g/mol. The van der Waals surface area contributed by atoms with Crippen LogP contribution in [0.4, 0.5) is 0 Å². The van der Waals surface area contributed by atoms with Gasteiger partial charge in [-0.05, 0) is 0 Å². The van der Waals surface area contributed by atoms with Crippen LogP contribution in [-0.2, 0) is 21.4 Å². The molecule has 0 aliphatic heterocycles. The summed E-state index contributed by atoms with van der Waals surface area (Å²) in [5.74, 6) is 0. The minimum atomic E-state index is -1.33. The topological polar surface area (TPSA) is 0 Å². The molecule has 0 N–H and O–H groups in total. The summed E-state index contributed by atoms with van der Waals surface area (Å²) >= 11 is -1.33. The maximum atomic E-state index is 2.54. The molecule has 0 bridgehead atoms. The molecule has 1 aliphatic carbocycles. The number of aryl methyl sites for hydroxylation is 1. The predicted octanol–water partition coefficient (Wildman–Crippen LogP) is 4.56. The van der Waals surface area contributed by atoms with Gasteiger partial charge in [0, 0.05) is 0 Å². The maximum absolute atomic E-state index is 2.54. The first-order valence-corrected chi connectivity index (χ1v) is 15.0. The normalized spacial score (nSPS) is 18.7. The molecule has 1 aromatic carbocycles. The van der Waals surface area contributed by atoms with Gasteiger partial charge in [0.25, 0.3) is 0 Å². The third-order valence-corrected chi connectivity index (χ3v) is 9.95. The van der Waals surface area contributed by atoms with Crippen molar-refractivity contribution in [2.24, 2.45) is 0 Å². The van der Waals surface area contributed by atoms with E-state index in [4.69, 9.17) is 0 Å². The van der Waals surface area contributed by atoms with Gasteiger partial charge in [-0.25, -0.2) is 0 Å². The number of benzene rings is 1. The van der Waals surface area contributed by atoms with Gasteiger partial charge in [-0.15, -0.1) is 0 Å². The fourth-order valence-corrected chi connectivity index (χ4v) is 9.44. The summed E-state index contributed by atoms with van der Waals surface area (Å²) in [6.07, 6.45) is 3.70. The number of allylic oxidation sites excluding steroid dienone is 1. The Labute approximate surface area is 101 Å². The minimum absolute atomic E-state index is 0.870. The summed E-state index contributed by atoms with van der Waals surface area (Å²) in [6.45, 7) is 4.54. The van der Waals surface area contributed by atoms with Crippen LogP contribution in [0.1, 0.15) is 33.7 Å². The van der Waals surface area contributed by atoms with Crippen molar-refractivity contribution in [2.45, 2.75) is 33.3 Å². The van der Waals surface area contributed by atoms with Gasteiger partial charge in [0.1, 0.15) is 0 Å². The van der Waals surface area contributed by atoms with E-state index in [1.165, 1.54) is 17.5 Å². The summed E-state index contributed by atoms with van der Waals surface area (Å²) in [7, 11) is 0. The Bertz CT molecular complexity index is 402. The van der Waals surface area contributed by atoms with Crippen LogP contribution in [0.2, 0.25) is 9.36 Å². The first-order chi connectivity index (χ1) is 7.15. The van der Waals surface area contributed by atoms with E-state index in [0.717, 1.165) is 3.67 Å². The van der Waals surface area contributed by atoms with Crippen LogP contribution < -0.4 is 0 Å². The zero-order chi connectivity index (χ0) is 11.0. The molecule has 79 valence electrons. The van der Waals surface area contributed by atoms with Crippen LogP contribution in [-0.4, -0.2) is 0 Å². The molecule has 0 saturated carbocycles. The molecule has 1 unspecified atom stereocenters. The van der Waals surface area contributed by atoms with E-state index in [-0.39, 0.29) is 0 Å². The van der Waals surface area contributed by atoms with Crippen molar-refractivity contribution in [3.8, 4) is 0 Å². The standard InChI is InChI=1S/C12H13.2CH3.Hf/c1-3-10-7-11-6-4-5-9(2)12(11)8-10;;;/h4-8H,3H2,1-2H3;2*1H3;. The predicted molar refractivity (Wildman–Crippen MR) is 63.9 cm³/mol. The van der Waals surface area contributed by atoms with Crippen LogP contribution in [0, 0.1) is 6.92 Å². The van der Waals surface area contributed by atoms with Crippen molar-refractivity contribution < 1.29 is 21.4 Å². The Kier molecular flexibility index (Phi) is 3.30. The molecule has 0 nitrogen and oxygen atoms in total. The van der Waals surface area contributed by atoms with Gasteiger partial charge in [-0.3, -0.25) is 0 Å². The molecule has 0 amide bonds. The molecule has 15 heavy (non-hydrogen) atoms. The molecule has 0 saturated heterocycles. The quantitative estimate of drug-likeness (QED) is 0.674. The monoisotopic (exact) mass is 367 g/mol. The fraction of sp³-hybridized carbons (Fsp3) is 0.429. The Morgan fingerprint density at radius 1 is 1.27 bits per heavy atom. The molecule has 0 heterocycles. The molecule has 1 aliphatic rings. The van der Waals surface area contributed by atoms with E-state index in [2.05, 4.69) is 47.5 Å². The van der Waals surface area contributed by atoms with E-state index < -0.39 is 21.4 Å². The average Bonchev–Trinajstić information content (AvgIpc) is 2.57. The first-order valence-electron chi connectivity index (χ1n) is 5.75. The summed E-state index contributed by atoms with van der Waals surface area (Å²) in [5, 5.41) is 0. The molecule has 0 fully saturated rings. The molecule has 1 atom stereocenters. The second-order valence-electron chi connectivity index (χ2n) is 4.66. The van der Waals surface area contributed by atoms with Gasteiger partial charge in [0.15, 0.2) is 0 Å². The van der Waals surface area contributed by atoms with E-state index >= 15 is 0 Å². The van der Waals surface area contributed by atoms with Gasteiger partial charge < -0.3 is 0 Å².